The minimum absolute atomic E-state index is 0.0655. The molecule has 2 amide bonds. The predicted octanol–water partition coefficient (Wildman–Crippen LogP) is 1.78. The van der Waals surface area contributed by atoms with Crippen LogP contribution in [0, 0.1) is 5.92 Å². The first-order valence-corrected chi connectivity index (χ1v) is 8.64. The maximum Gasteiger partial charge on any atom is 0.406 e. The van der Waals surface area contributed by atoms with Crippen LogP contribution in [0.2, 0.25) is 0 Å². The van der Waals surface area contributed by atoms with Gasteiger partial charge in [-0.1, -0.05) is 20.3 Å². The highest BCUT2D eigenvalue weighted by Crippen LogP contribution is 2.25. The Morgan fingerprint density at radius 2 is 1.96 bits per heavy atom. The van der Waals surface area contributed by atoms with E-state index in [1.807, 2.05) is 18.7 Å². The zero-order chi connectivity index (χ0) is 17.9. The SMILES string of the molecule is CCC(=O)N1CC[C@H](N[C@@H]2CCN(CC(F)(F)F)C2=O)[C@@H](CC)C1. The standard InChI is InChI=1S/C16H26F3N3O2/c1-3-11-9-21(14(23)4-2)7-5-12(11)20-13-6-8-22(15(13)24)10-16(17,18)19/h11-13,20H,3-10H2,1-2H3/t11-,12-,13+/m0/s1. The minimum atomic E-state index is -4.36. The summed E-state index contributed by atoms with van der Waals surface area (Å²) in [4.78, 5) is 26.7. The summed E-state index contributed by atoms with van der Waals surface area (Å²) in [7, 11) is 0. The molecular weight excluding hydrogens is 323 g/mol. The molecule has 5 nitrogen and oxygen atoms in total. The van der Waals surface area contributed by atoms with Crippen molar-refractivity contribution in [3.05, 3.63) is 0 Å². The van der Waals surface area contributed by atoms with Crippen molar-refractivity contribution in [2.24, 2.45) is 5.92 Å². The normalized spacial score (nSPS) is 28.5. The smallest absolute Gasteiger partial charge is 0.342 e. The van der Waals surface area contributed by atoms with Crippen LogP contribution in [0.15, 0.2) is 0 Å². The second-order valence-electron chi connectivity index (χ2n) is 6.64. The lowest BCUT2D eigenvalue weighted by molar-refractivity contribution is -0.158. The third-order valence-electron chi connectivity index (χ3n) is 5.00. The van der Waals surface area contributed by atoms with Gasteiger partial charge in [0, 0.05) is 32.1 Å². The van der Waals surface area contributed by atoms with Gasteiger partial charge >= 0.3 is 6.18 Å². The van der Waals surface area contributed by atoms with E-state index in [1.54, 1.807) is 0 Å². The van der Waals surface area contributed by atoms with Crippen molar-refractivity contribution in [2.75, 3.05) is 26.2 Å². The zero-order valence-corrected chi connectivity index (χ0v) is 14.2. The number of likely N-dealkylation sites (tertiary alicyclic amines) is 2. The van der Waals surface area contributed by atoms with E-state index < -0.39 is 24.7 Å². The van der Waals surface area contributed by atoms with Gasteiger partial charge in [0.15, 0.2) is 0 Å². The van der Waals surface area contributed by atoms with E-state index in [0.29, 0.717) is 25.9 Å². The predicted molar refractivity (Wildman–Crippen MR) is 83.2 cm³/mol. The molecule has 138 valence electrons. The van der Waals surface area contributed by atoms with Gasteiger partial charge < -0.3 is 15.1 Å². The molecule has 2 fully saturated rings. The van der Waals surface area contributed by atoms with Crippen molar-refractivity contribution in [1.82, 2.24) is 15.1 Å². The average Bonchev–Trinajstić information content (AvgIpc) is 2.86. The van der Waals surface area contributed by atoms with Crippen LogP contribution in [0.25, 0.3) is 0 Å². The molecule has 2 aliphatic heterocycles. The van der Waals surface area contributed by atoms with Crippen LogP contribution in [0.3, 0.4) is 0 Å². The number of hydrogen-bond acceptors (Lipinski definition) is 3. The molecule has 0 saturated carbocycles. The Bertz CT molecular complexity index is 470. The van der Waals surface area contributed by atoms with E-state index in [9.17, 15) is 22.8 Å². The maximum atomic E-state index is 12.5. The number of alkyl halides is 3. The van der Waals surface area contributed by atoms with Crippen molar-refractivity contribution in [3.8, 4) is 0 Å². The van der Waals surface area contributed by atoms with Crippen LogP contribution in [-0.2, 0) is 9.59 Å². The van der Waals surface area contributed by atoms with E-state index in [1.165, 1.54) is 0 Å². The molecule has 0 aromatic carbocycles. The van der Waals surface area contributed by atoms with Crippen molar-refractivity contribution in [3.63, 3.8) is 0 Å². The summed E-state index contributed by atoms with van der Waals surface area (Å²) < 4.78 is 37.5. The maximum absolute atomic E-state index is 12.5. The second-order valence-corrected chi connectivity index (χ2v) is 6.64. The monoisotopic (exact) mass is 349 g/mol. The Hall–Kier alpha value is -1.31. The van der Waals surface area contributed by atoms with Gasteiger partial charge in [0.25, 0.3) is 0 Å². The first-order valence-electron chi connectivity index (χ1n) is 8.64. The van der Waals surface area contributed by atoms with Gasteiger partial charge in [0.1, 0.15) is 6.54 Å². The third kappa shape index (κ3) is 4.62. The van der Waals surface area contributed by atoms with Crippen LogP contribution in [0.5, 0.6) is 0 Å². The molecule has 0 aliphatic carbocycles. The molecule has 0 aromatic rings. The molecule has 2 saturated heterocycles. The highest BCUT2D eigenvalue weighted by atomic mass is 19.4. The van der Waals surface area contributed by atoms with Gasteiger partial charge in [0.05, 0.1) is 6.04 Å². The van der Waals surface area contributed by atoms with Crippen molar-refractivity contribution < 1.29 is 22.8 Å². The minimum Gasteiger partial charge on any atom is -0.342 e. The van der Waals surface area contributed by atoms with Crippen LogP contribution >= 0.6 is 0 Å². The lowest BCUT2D eigenvalue weighted by Gasteiger charge is -2.39. The number of piperidine rings is 1. The Morgan fingerprint density at radius 1 is 1.25 bits per heavy atom. The Balaban J connectivity index is 1.91. The quantitative estimate of drug-likeness (QED) is 0.823. The number of rotatable bonds is 5. The molecule has 2 aliphatic rings. The Labute approximate surface area is 140 Å². The van der Waals surface area contributed by atoms with Gasteiger partial charge in [0.2, 0.25) is 11.8 Å². The summed E-state index contributed by atoms with van der Waals surface area (Å²) in [6, 6.07) is -0.476. The Morgan fingerprint density at radius 3 is 2.54 bits per heavy atom. The number of carbonyl (C=O) groups is 2. The van der Waals surface area contributed by atoms with Gasteiger partial charge in [-0.3, -0.25) is 9.59 Å². The topological polar surface area (TPSA) is 52.7 Å². The van der Waals surface area contributed by atoms with E-state index in [2.05, 4.69) is 5.32 Å². The zero-order valence-electron chi connectivity index (χ0n) is 14.2. The summed E-state index contributed by atoms with van der Waals surface area (Å²) >= 11 is 0. The fourth-order valence-electron chi connectivity index (χ4n) is 3.64. The molecule has 0 radical (unpaired) electrons. The fraction of sp³-hybridized carbons (Fsp3) is 0.875. The number of hydrogen-bond donors (Lipinski definition) is 1. The Kier molecular flexibility index (Phi) is 6.11. The second kappa shape index (κ2) is 7.72. The van der Waals surface area contributed by atoms with Gasteiger partial charge in [-0.2, -0.15) is 13.2 Å². The summed E-state index contributed by atoms with van der Waals surface area (Å²) in [5.74, 6) is -0.117. The van der Waals surface area contributed by atoms with E-state index in [4.69, 9.17) is 0 Å². The summed E-state index contributed by atoms with van der Waals surface area (Å²) in [5, 5.41) is 3.27. The first-order chi connectivity index (χ1) is 11.2. The molecule has 0 aromatic heterocycles. The number of amides is 2. The molecule has 1 N–H and O–H groups in total. The van der Waals surface area contributed by atoms with Crippen LogP contribution < -0.4 is 5.32 Å². The highest BCUT2D eigenvalue weighted by Gasteiger charge is 2.41. The summed E-state index contributed by atoms with van der Waals surface area (Å²) in [6.07, 6.45) is -1.89. The molecule has 0 unspecified atom stereocenters. The van der Waals surface area contributed by atoms with Gasteiger partial charge in [-0.15, -0.1) is 0 Å². The lowest BCUT2D eigenvalue weighted by Crippen LogP contribution is -2.54. The average molecular weight is 349 g/mol. The van der Waals surface area contributed by atoms with Crippen LogP contribution in [0.4, 0.5) is 13.2 Å². The molecule has 2 heterocycles. The van der Waals surface area contributed by atoms with Crippen LogP contribution in [0.1, 0.15) is 39.5 Å². The number of nitrogens with zero attached hydrogens (tertiary/aromatic N) is 2. The van der Waals surface area contributed by atoms with Crippen molar-refractivity contribution >= 4 is 11.8 Å². The van der Waals surface area contributed by atoms with Crippen molar-refractivity contribution in [2.45, 2.75) is 57.8 Å². The summed E-state index contributed by atoms with van der Waals surface area (Å²) in [6.45, 7) is 4.11. The number of nitrogens with one attached hydrogen (secondary N) is 1. The highest BCUT2D eigenvalue weighted by molar-refractivity contribution is 5.84. The molecule has 2 rings (SSSR count). The lowest BCUT2D eigenvalue weighted by atomic mass is 9.89. The first kappa shape index (κ1) is 19.0. The third-order valence-corrected chi connectivity index (χ3v) is 5.00. The van der Waals surface area contributed by atoms with Crippen molar-refractivity contribution in [1.29, 1.82) is 0 Å². The molecule has 0 bridgehead atoms. The number of halogens is 3. The van der Waals surface area contributed by atoms with Gasteiger partial charge in [-0.05, 0) is 18.8 Å². The molecule has 8 heteroatoms. The van der Waals surface area contributed by atoms with E-state index in [-0.39, 0.29) is 24.4 Å². The van der Waals surface area contributed by atoms with Crippen LogP contribution in [-0.4, -0.2) is 66.1 Å². The summed E-state index contributed by atoms with van der Waals surface area (Å²) in [5.41, 5.74) is 0. The largest absolute Gasteiger partial charge is 0.406 e. The van der Waals surface area contributed by atoms with E-state index in [0.717, 1.165) is 17.7 Å². The molecule has 3 atom stereocenters. The van der Waals surface area contributed by atoms with Gasteiger partial charge in [-0.25, -0.2) is 0 Å². The molecular formula is C16H26F3N3O2. The fourth-order valence-corrected chi connectivity index (χ4v) is 3.64. The number of carbonyl (C=O) groups excluding carboxylic acids is 2. The molecule has 24 heavy (non-hydrogen) atoms. The van der Waals surface area contributed by atoms with E-state index >= 15 is 0 Å². The molecule has 0 spiro atoms.